The van der Waals surface area contributed by atoms with Crippen molar-refractivity contribution in [3.63, 3.8) is 0 Å². The topological polar surface area (TPSA) is 71.1 Å². The predicted octanol–water partition coefficient (Wildman–Crippen LogP) is 2.10. The SMILES string of the molecule is CCOC(=O)C1CCc2sc(N(C)Cc3ncc[nH]3)nc21. The van der Waals surface area contributed by atoms with E-state index in [9.17, 15) is 4.79 Å². The second-order valence-corrected chi connectivity index (χ2v) is 6.10. The molecule has 2 aromatic heterocycles. The fraction of sp³-hybridized carbons (Fsp3) is 0.500. The average Bonchev–Trinajstić information content (AvgIpc) is 3.14. The number of aromatic nitrogens is 3. The van der Waals surface area contributed by atoms with Crippen LogP contribution in [0.25, 0.3) is 0 Å². The minimum absolute atomic E-state index is 0.151. The molecular weight excluding hydrogens is 288 g/mol. The largest absolute Gasteiger partial charge is 0.465 e. The van der Waals surface area contributed by atoms with Crippen LogP contribution in [0.4, 0.5) is 5.13 Å². The lowest BCUT2D eigenvalue weighted by Gasteiger charge is -2.14. The molecule has 1 atom stereocenters. The van der Waals surface area contributed by atoms with E-state index in [-0.39, 0.29) is 11.9 Å². The Kier molecular flexibility index (Phi) is 3.92. The van der Waals surface area contributed by atoms with Crippen molar-refractivity contribution in [2.75, 3.05) is 18.6 Å². The molecule has 1 unspecified atom stereocenters. The molecule has 2 aromatic rings. The zero-order chi connectivity index (χ0) is 14.8. The number of anilines is 1. The molecule has 112 valence electrons. The summed E-state index contributed by atoms with van der Waals surface area (Å²) in [6.45, 7) is 2.92. The van der Waals surface area contributed by atoms with Crippen molar-refractivity contribution in [3.05, 3.63) is 28.8 Å². The molecule has 6 nitrogen and oxygen atoms in total. The number of esters is 1. The van der Waals surface area contributed by atoms with Crippen LogP contribution in [0.2, 0.25) is 0 Å². The maximum atomic E-state index is 12.0. The van der Waals surface area contributed by atoms with Gasteiger partial charge >= 0.3 is 5.97 Å². The van der Waals surface area contributed by atoms with Crippen LogP contribution in [0.5, 0.6) is 0 Å². The summed E-state index contributed by atoms with van der Waals surface area (Å²) < 4.78 is 5.13. The first kappa shape index (κ1) is 14.1. The number of nitrogens with zero attached hydrogens (tertiary/aromatic N) is 3. The van der Waals surface area contributed by atoms with Crippen LogP contribution in [-0.2, 0) is 22.5 Å². The summed E-state index contributed by atoms with van der Waals surface area (Å²) in [5.41, 5.74) is 0.903. The van der Waals surface area contributed by atoms with Crippen LogP contribution in [0.15, 0.2) is 12.4 Å². The summed E-state index contributed by atoms with van der Waals surface area (Å²) in [6.07, 6.45) is 5.27. The second kappa shape index (κ2) is 5.85. The molecular formula is C14H18N4O2S. The Morgan fingerprint density at radius 1 is 1.62 bits per heavy atom. The third-order valence-electron chi connectivity index (χ3n) is 3.55. The van der Waals surface area contributed by atoms with Crippen molar-refractivity contribution in [2.24, 2.45) is 0 Å². The van der Waals surface area contributed by atoms with E-state index in [1.807, 2.05) is 25.1 Å². The normalized spacial score (nSPS) is 16.8. The summed E-state index contributed by atoms with van der Waals surface area (Å²) in [6, 6.07) is 0. The van der Waals surface area contributed by atoms with E-state index in [2.05, 4.69) is 15.0 Å². The third-order valence-corrected chi connectivity index (χ3v) is 4.79. The fourth-order valence-corrected chi connectivity index (χ4v) is 3.62. The van der Waals surface area contributed by atoms with Gasteiger partial charge in [-0.25, -0.2) is 9.97 Å². The van der Waals surface area contributed by atoms with Gasteiger partial charge in [0.15, 0.2) is 5.13 Å². The van der Waals surface area contributed by atoms with Crippen molar-refractivity contribution < 1.29 is 9.53 Å². The van der Waals surface area contributed by atoms with Gasteiger partial charge in [-0.05, 0) is 19.8 Å². The van der Waals surface area contributed by atoms with Gasteiger partial charge in [0.1, 0.15) is 11.7 Å². The minimum atomic E-state index is -0.193. The molecule has 3 rings (SSSR count). The summed E-state index contributed by atoms with van der Waals surface area (Å²) >= 11 is 1.66. The van der Waals surface area contributed by atoms with Crippen molar-refractivity contribution in [2.45, 2.75) is 32.2 Å². The smallest absolute Gasteiger partial charge is 0.315 e. The standard InChI is InChI=1S/C14H18N4O2S/c1-3-20-13(19)9-4-5-10-12(9)17-14(21-10)18(2)8-11-15-6-7-16-11/h6-7,9H,3-5,8H2,1-2H3,(H,15,16). The van der Waals surface area contributed by atoms with Gasteiger partial charge in [-0.2, -0.15) is 0 Å². The Morgan fingerprint density at radius 3 is 3.19 bits per heavy atom. The van der Waals surface area contributed by atoms with Gasteiger partial charge in [0.05, 0.1) is 18.8 Å². The molecule has 0 aromatic carbocycles. The maximum absolute atomic E-state index is 12.0. The van der Waals surface area contributed by atoms with Crippen LogP contribution in [0.1, 0.15) is 35.7 Å². The number of carbonyl (C=O) groups is 1. The van der Waals surface area contributed by atoms with Gasteiger partial charge in [-0.1, -0.05) is 0 Å². The molecule has 0 aliphatic heterocycles. The zero-order valence-electron chi connectivity index (χ0n) is 12.1. The Morgan fingerprint density at radius 2 is 2.48 bits per heavy atom. The monoisotopic (exact) mass is 306 g/mol. The second-order valence-electron chi connectivity index (χ2n) is 5.04. The minimum Gasteiger partial charge on any atom is -0.465 e. The summed E-state index contributed by atoms with van der Waals surface area (Å²) in [7, 11) is 1.98. The fourth-order valence-electron chi connectivity index (χ4n) is 2.53. The molecule has 2 heterocycles. The van der Waals surface area contributed by atoms with Gasteiger partial charge in [0, 0.05) is 24.3 Å². The number of imidazole rings is 1. The molecule has 1 aliphatic carbocycles. The number of H-pyrrole nitrogens is 1. The van der Waals surface area contributed by atoms with E-state index in [0.717, 1.165) is 29.5 Å². The number of ether oxygens (including phenoxy) is 1. The first-order chi connectivity index (χ1) is 10.2. The molecule has 21 heavy (non-hydrogen) atoms. The third kappa shape index (κ3) is 2.78. The number of aryl methyl sites for hydroxylation is 1. The van der Waals surface area contributed by atoms with Gasteiger partial charge in [-0.15, -0.1) is 11.3 Å². The van der Waals surface area contributed by atoms with Crippen LogP contribution >= 0.6 is 11.3 Å². The number of carbonyl (C=O) groups excluding carboxylic acids is 1. The number of thiazole rings is 1. The number of hydrogen-bond donors (Lipinski definition) is 1. The Labute approximate surface area is 127 Å². The summed E-state index contributed by atoms with van der Waals surface area (Å²) in [4.78, 5) is 27.2. The van der Waals surface area contributed by atoms with Crippen molar-refractivity contribution in [1.82, 2.24) is 15.0 Å². The van der Waals surface area contributed by atoms with Crippen molar-refractivity contribution in [3.8, 4) is 0 Å². The molecule has 0 saturated carbocycles. The first-order valence-electron chi connectivity index (χ1n) is 7.04. The number of nitrogens with one attached hydrogen (secondary N) is 1. The highest BCUT2D eigenvalue weighted by Gasteiger charge is 2.34. The first-order valence-corrected chi connectivity index (χ1v) is 7.86. The predicted molar refractivity (Wildman–Crippen MR) is 80.5 cm³/mol. The van der Waals surface area contributed by atoms with Crippen LogP contribution in [0, 0.1) is 0 Å². The summed E-state index contributed by atoms with van der Waals surface area (Å²) in [5, 5.41) is 0.922. The van der Waals surface area contributed by atoms with E-state index < -0.39 is 0 Å². The van der Waals surface area contributed by atoms with E-state index in [4.69, 9.17) is 4.74 Å². The molecule has 0 bridgehead atoms. The highest BCUT2D eigenvalue weighted by atomic mass is 32.1. The molecule has 0 saturated heterocycles. The van der Waals surface area contributed by atoms with Crippen LogP contribution in [-0.4, -0.2) is 34.6 Å². The number of hydrogen-bond acceptors (Lipinski definition) is 6. The lowest BCUT2D eigenvalue weighted by atomic mass is 10.1. The molecule has 0 fully saturated rings. The Hall–Kier alpha value is -1.89. The molecule has 1 aliphatic rings. The van der Waals surface area contributed by atoms with E-state index in [0.29, 0.717) is 13.2 Å². The zero-order valence-corrected chi connectivity index (χ0v) is 12.9. The van der Waals surface area contributed by atoms with Gasteiger partial charge < -0.3 is 14.6 Å². The molecule has 7 heteroatoms. The lowest BCUT2D eigenvalue weighted by molar-refractivity contribution is -0.145. The molecule has 0 radical (unpaired) electrons. The van der Waals surface area contributed by atoms with Crippen LogP contribution in [0.3, 0.4) is 0 Å². The Bertz CT molecular complexity index is 623. The van der Waals surface area contributed by atoms with Crippen molar-refractivity contribution >= 4 is 22.4 Å². The molecule has 1 N–H and O–H groups in total. The Balaban J connectivity index is 1.75. The molecule has 0 amide bonds. The lowest BCUT2D eigenvalue weighted by Crippen LogP contribution is -2.18. The number of aromatic amines is 1. The van der Waals surface area contributed by atoms with Gasteiger partial charge in [0.25, 0.3) is 0 Å². The average molecular weight is 306 g/mol. The van der Waals surface area contributed by atoms with E-state index in [1.165, 1.54) is 4.88 Å². The maximum Gasteiger partial charge on any atom is 0.315 e. The quantitative estimate of drug-likeness (QED) is 0.857. The molecule has 0 spiro atoms. The van der Waals surface area contributed by atoms with E-state index >= 15 is 0 Å². The van der Waals surface area contributed by atoms with E-state index in [1.54, 1.807) is 17.5 Å². The van der Waals surface area contributed by atoms with Crippen molar-refractivity contribution in [1.29, 1.82) is 0 Å². The number of fused-ring (bicyclic) bond motifs is 1. The highest BCUT2D eigenvalue weighted by molar-refractivity contribution is 7.15. The number of rotatable bonds is 5. The summed E-state index contributed by atoms with van der Waals surface area (Å²) in [5.74, 6) is 0.554. The van der Waals surface area contributed by atoms with Crippen LogP contribution < -0.4 is 4.90 Å². The highest BCUT2D eigenvalue weighted by Crippen LogP contribution is 2.40. The van der Waals surface area contributed by atoms with Gasteiger partial charge in [0.2, 0.25) is 0 Å². The van der Waals surface area contributed by atoms with Gasteiger partial charge in [-0.3, -0.25) is 4.79 Å².